The van der Waals surface area contributed by atoms with Gasteiger partial charge in [-0.1, -0.05) is 0 Å². The fourth-order valence-electron chi connectivity index (χ4n) is 4.45. The highest BCUT2D eigenvalue weighted by Gasteiger charge is 2.41. The van der Waals surface area contributed by atoms with Gasteiger partial charge in [-0.15, -0.1) is 0 Å². The summed E-state index contributed by atoms with van der Waals surface area (Å²) in [6.07, 6.45) is 5.09. The number of hydrogen-bond donors (Lipinski definition) is 0. The molecule has 2 saturated heterocycles. The molecule has 29 heavy (non-hydrogen) atoms. The van der Waals surface area contributed by atoms with Crippen molar-refractivity contribution in [3.8, 4) is 6.07 Å². The second-order valence-electron chi connectivity index (χ2n) is 7.65. The first kappa shape index (κ1) is 17.8. The Kier molecular flexibility index (Phi) is 4.48. The van der Waals surface area contributed by atoms with Gasteiger partial charge in [0.25, 0.3) is 0 Å². The third kappa shape index (κ3) is 3.15. The molecular weight excluding hydrogens is 368 g/mol. The number of hydrogen-bond acceptors (Lipinski definition) is 8. The van der Waals surface area contributed by atoms with Crippen LogP contribution < -0.4 is 9.80 Å². The molecule has 0 amide bonds. The van der Waals surface area contributed by atoms with Crippen LogP contribution in [0.2, 0.25) is 0 Å². The first-order chi connectivity index (χ1) is 14.3. The van der Waals surface area contributed by atoms with Crippen LogP contribution in [0, 0.1) is 23.2 Å². The second kappa shape index (κ2) is 7.29. The Morgan fingerprint density at radius 1 is 1.07 bits per heavy atom. The van der Waals surface area contributed by atoms with Gasteiger partial charge in [-0.2, -0.15) is 5.26 Å². The van der Waals surface area contributed by atoms with Crippen LogP contribution >= 0.6 is 0 Å². The molecule has 5 rings (SSSR count). The summed E-state index contributed by atoms with van der Waals surface area (Å²) in [5.41, 5.74) is 2.30. The first-order valence-electron chi connectivity index (χ1n) is 9.77. The van der Waals surface area contributed by atoms with Gasteiger partial charge in [0.15, 0.2) is 17.0 Å². The largest absolute Gasteiger partial charge is 0.383 e. The molecule has 148 valence electrons. The van der Waals surface area contributed by atoms with Crippen LogP contribution in [0.25, 0.3) is 11.2 Å². The molecule has 0 N–H and O–H groups in total. The van der Waals surface area contributed by atoms with Crippen LogP contribution in [-0.4, -0.2) is 64.4 Å². The number of anilines is 2. The van der Waals surface area contributed by atoms with Gasteiger partial charge >= 0.3 is 0 Å². The maximum absolute atomic E-state index is 8.95. The maximum atomic E-state index is 8.95. The summed E-state index contributed by atoms with van der Waals surface area (Å²) >= 11 is 0. The number of rotatable bonds is 5. The van der Waals surface area contributed by atoms with Gasteiger partial charge in [0.05, 0.1) is 18.5 Å². The van der Waals surface area contributed by atoms with E-state index in [2.05, 4.69) is 35.8 Å². The van der Waals surface area contributed by atoms with Crippen LogP contribution in [0.1, 0.15) is 5.56 Å². The average molecular weight is 390 g/mol. The Labute approximate surface area is 168 Å². The number of methoxy groups -OCH3 is 1. The Bertz CT molecular complexity index is 1040. The molecule has 2 fully saturated rings. The summed E-state index contributed by atoms with van der Waals surface area (Å²) in [4.78, 5) is 22.7. The summed E-state index contributed by atoms with van der Waals surface area (Å²) in [6.45, 7) is 5.19. The van der Waals surface area contributed by atoms with Crippen LogP contribution in [-0.2, 0) is 11.3 Å². The Morgan fingerprint density at radius 3 is 2.55 bits per heavy atom. The van der Waals surface area contributed by atoms with E-state index >= 15 is 0 Å². The van der Waals surface area contributed by atoms with Crippen molar-refractivity contribution in [2.75, 3.05) is 49.7 Å². The van der Waals surface area contributed by atoms with E-state index in [1.807, 2.05) is 23.0 Å². The number of imidazole rings is 1. The average Bonchev–Trinajstić information content (AvgIpc) is 3.45. The molecule has 2 unspecified atom stereocenters. The van der Waals surface area contributed by atoms with E-state index in [0.29, 0.717) is 24.0 Å². The summed E-state index contributed by atoms with van der Waals surface area (Å²) in [5.74, 6) is 3.00. The number of nitriles is 1. The van der Waals surface area contributed by atoms with Crippen molar-refractivity contribution < 1.29 is 4.74 Å². The lowest BCUT2D eigenvalue weighted by atomic mass is 10.0. The molecule has 0 bridgehead atoms. The monoisotopic (exact) mass is 390 g/mol. The van der Waals surface area contributed by atoms with E-state index in [0.717, 1.165) is 55.5 Å². The van der Waals surface area contributed by atoms with Gasteiger partial charge in [0, 0.05) is 57.9 Å². The molecule has 2 atom stereocenters. The van der Waals surface area contributed by atoms with Gasteiger partial charge in [0.1, 0.15) is 18.2 Å². The van der Waals surface area contributed by atoms with Gasteiger partial charge < -0.3 is 19.1 Å². The van der Waals surface area contributed by atoms with Crippen LogP contribution in [0.5, 0.6) is 0 Å². The van der Waals surface area contributed by atoms with Gasteiger partial charge in [-0.05, 0) is 12.1 Å². The van der Waals surface area contributed by atoms with Crippen LogP contribution in [0.3, 0.4) is 0 Å². The topological polar surface area (TPSA) is 96.0 Å². The highest BCUT2D eigenvalue weighted by molar-refractivity contribution is 5.83. The molecule has 0 aromatic carbocycles. The lowest BCUT2D eigenvalue weighted by molar-refractivity contribution is 0.188. The molecule has 2 aliphatic rings. The second-order valence-corrected chi connectivity index (χ2v) is 7.65. The summed E-state index contributed by atoms with van der Waals surface area (Å²) in [7, 11) is 1.69. The van der Waals surface area contributed by atoms with E-state index in [-0.39, 0.29) is 0 Å². The molecule has 0 spiro atoms. The molecule has 0 radical (unpaired) electrons. The molecule has 9 heteroatoms. The summed E-state index contributed by atoms with van der Waals surface area (Å²) in [5, 5.41) is 8.95. The van der Waals surface area contributed by atoms with E-state index in [1.54, 1.807) is 19.6 Å². The van der Waals surface area contributed by atoms with E-state index < -0.39 is 0 Å². The number of nitrogens with zero attached hydrogens (tertiary/aromatic N) is 8. The van der Waals surface area contributed by atoms with E-state index in [1.165, 1.54) is 0 Å². The van der Waals surface area contributed by atoms with Gasteiger partial charge in [-0.3, -0.25) is 0 Å². The van der Waals surface area contributed by atoms with Crippen molar-refractivity contribution in [3.63, 3.8) is 0 Å². The van der Waals surface area contributed by atoms with Crippen molar-refractivity contribution in [2.45, 2.75) is 6.54 Å². The summed E-state index contributed by atoms with van der Waals surface area (Å²) < 4.78 is 7.19. The van der Waals surface area contributed by atoms with Crippen LogP contribution in [0.15, 0.2) is 31.0 Å². The lowest BCUT2D eigenvalue weighted by Gasteiger charge is -2.23. The highest BCUT2D eigenvalue weighted by atomic mass is 16.5. The fourth-order valence-corrected chi connectivity index (χ4v) is 4.45. The molecule has 2 aliphatic heterocycles. The molecule has 3 aromatic rings. The number of pyridine rings is 1. The van der Waals surface area contributed by atoms with E-state index in [9.17, 15) is 0 Å². The zero-order valence-corrected chi connectivity index (χ0v) is 16.3. The molecule has 9 nitrogen and oxygen atoms in total. The Hall–Kier alpha value is -3.25. The standard InChI is InChI=1S/C20H22N8O/c1-29-5-4-26-13-25-18-19(26)23-12-24-20(18)28-10-15-8-27(9-16(15)11-28)17-3-2-14(6-21)7-22-17/h2-3,7,12-13,15-16H,4-5,8-11H2,1H3. The summed E-state index contributed by atoms with van der Waals surface area (Å²) in [6, 6.07) is 5.90. The molecule has 3 aromatic heterocycles. The van der Waals surface area contributed by atoms with Crippen molar-refractivity contribution in [3.05, 3.63) is 36.5 Å². The third-order valence-corrected chi connectivity index (χ3v) is 5.90. The Morgan fingerprint density at radius 2 is 1.86 bits per heavy atom. The van der Waals surface area contributed by atoms with Crippen molar-refractivity contribution in [2.24, 2.45) is 11.8 Å². The van der Waals surface area contributed by atoms with Crippen molar-refractivity contribution >= 4 is 22.8 Å². The zero-order chi connectivity index (χ0) is 19.8. The minimum atomic E-state index is 0.563. The van der Waals surface area contributed by atoms with Gasteiger partial charge in [-0.25, -0.2) is 19.9 Å². The van der Waals surface area contributed by atoms with Crippen molar-refractivity contribution in [1.29, 1.82) is 5.26 Å². The quantitative estimate of drug-likeness (QED) is 0.643. The SMILES string of the molecule is COCCn1cnc2c(N3CC4CN(c5ccc(C#N)cn5)CC4C3)ncnc21. The van der Waals surface area contributed by atoms with Gasteiger partial charge in [0.2, 0.25) is 0 Å². The normalized spacial score (nSPS) is 21.0. The lowest BCUT2D eigenvalue weighted by Crippen LogP contribution is -2.29. The minimum absolute atomic E-state index is 0.563. The highest BCUT2D eigenvalue weighted by Crippen LogP contribution is 2.36. The zero-order valence-electron chi connectivity index (χ0n) is 16.3. The smallest absolute Gasteiger partial charge is 0.165 e. The number of ether oxygens (including phenoxy) is 1. The molecular formula is C20H22N8O. The molecule has 0 aliphatic carbocycles. The molecule has 0 saturated carbocycles. The molecule has 5 heterocycles. The number of fused-ring (bicyclic) bond motifs is 2. The van der Waals surface area contributed by atoms with Crippen LogP contribution in [0.4, 0.5) is 11.6 Å². The minimum Gasteiger partial charge on any atom is -0.383 e. The first-order valence-corrected chi connectivity index (χ1v) is 9.77. The third-order valence-electron chi connectivity index (χ3n) is 5.90. The van der Waals surface area contributed by atoms with Crippen molar-refractivity contribution in [1.82, 2.24) is 24.5 Å². The van der Waals surface area contributed by atoms with E-state index in [4.69, 9.17) is 10.00 Å². The predicted molar refractivity (Wildman–Crippen MR) is 108 cm³/mol. The Balaban J connectivity index is 1.31. The number of aromatic nitrogens is 5. The maximum Gasteiger partial charge on any atom is 0.165 e. The fraction of sp³-hybridized carbons (Fsp3) is 0.450. The predicted octanol–water partition coefficient (Wildman–Crippen LogP) is 1.31.